The SMILES string of the molecule is CC(C)CC1COCCN1C(=O)CC1CCCN1. The average Bonchev–Trinajstić information content (AvgIpc) is 2.81. The Labute approximate surface area is 110 Å². The zero-order valence-corrected chi connectivity index (χ0v) is 11.7. The summed E-state index contributed by atoms with van der Waals surface area (Å²) in [4.78, 5) is 14.4. The molecule has 0 radical (unpaired) electrons. The van der Waals surface area contributed by atoms with Gasteiger partial charge < -0.3 is 15.0 Å². The fourth-order valence-electron chi connectivity index (χ4n) is 2.98. The molecule has 2 aliphatic heterocycles. The van der Waals surface area contributed by atoms with Gasteiger partial charge in [0.15, 0.2) is 0 Å². The Kier molecular flexibility index (Phi) is 5.01. The summed E-state index contributed by atoms with van der Waals surface area (Å²) in [6.07, 6.45) is 4.06. The standard InChI is InChI=1S/C14H26N2O2/c1-11(2)8-13-10-18-7-6-16(13)14(17)9-12-4-3-5-15-12/h11-13,15H,3-10H2,1-2H3. The van der Waals surface area contributed by atoms with Gasteiger partial charge in [-0.15, -0.1) is 0 Å². The zero-order valence-electron chi connectivity index (χ0n) is 11.7. The quantitative estimate of drug-likeness (QED) is 0.824. The minimum atomic E-state index is 0.285. The lowest BCUT2D eigenvalue weighted by molar-refractivity contribution is -0.140. The van der Waals surface area contributed by atoms with Crippen LogP contribution in [0.5, 0.6) is 0 Å². The second-order valence-corrected chi connectivity index (χ2v) is 5.94. The molecule has 4 heteroatoms. The molecule has 0 aromatic heterocycles. The van der Waals surface area contributed by atoms with Crippen LogP contribution >= 0.6 is 0 Å². The molecule has 2 aliphatic rings. The fraction of sp³-hybridized carbons (Fsp3) is 0.929. The number of hydrogen-bond acceptors (Lipinski definition) is 3. The molecule has 2 atom stereocenters. The topological polar surface area (TPSA) is 41.6 Å². The molecule has 0 spiro atoms. The Bertz CT molecular complexity index is 275. The van der Waals surface area contributed by atoms with Crippen LogP contribution in [-0.4, -0.2) is 49.2 Å². The number of amides is 1. The Hall–Kier alpha value is -0.610. The number of morpholine rings is 1. The molecule has 104 valence electrons. The first kappa shape index (κ1) is 13.8. The summed E-state index contributed by atoms with van der Waals surface area (Å²) in [7, 11) is 0. The molecule has 2 unspecified atom stereocenters. The van der Waals surface area contributed by atoms with Gasteiger partial charge in [0, 0.05) is 19.0 Å². The van der Waals surface area contributed by atoms with Crippen LogP contribution in [-0.2, 0) is 9.53 Å². The van der Waals surface area contributed by atoms with Gasteiger partial charge in [-0.2, -0.15) is 0 Å². The van der Waals surface area contributed by atoms with E-state index >= 15 is 0 Å². The van der Waals surface area contributed by atoms with Crippen molar-refractivity contribution < 1.29 is 9.53 Å². The number of ether oxygens (including phenoxy) is 1. The summed E-state index contributed by atoms with van der Waals surface area (Å²) in [6, 6.07) is 0.688. The van der Waals surface area contributed by atoms with Gasteiger partial charge in [-0.3, -0.25) is 4.79 Å². The average molecular weight is 254 g/mol. The maximum Gasteiger partial charge on any atom is 0.224 e. The van der Waals surface area contributed by atoms with Gasteiger partial charge in [-0.1, -0.05) is 13.8 Å². The number of carbonyl (C=O) groups is 1. The smallest absolute Gasteiger partial charge is 0.224 e. The maximum absolute atomic E-state index is 12.4. The second-order valence-electron chi connectivity index (χ2n) is 5.94. The van der Waals surface area contributed by atoms with Gasteiger partial charge in [0.1, 0.15) is 0 Å². The molecule has 2 fully saturated rings. The first-order chi connectivity index (χ1) is 8.66. The number of rotatable bonds is 4. The summed E-state index contributed by atoms with van der Waals surface area (Å²) >= 11 is 0. The van der Waals surface area contributed by atoms with Crippen molar-refractivity contribution in [2.24, 2.45) is 5.92 Å². The Morgan fingerprint density at radius 3 is 3.00 bits per heavy atom. The van der Waals surface area contributed by atoms with E-state index < -0.39 is 0 Å². The minimum absolute atomic E-state index is 0.285. The van der Waals surface area contributed by atoms with Crippen molar-refractivity contribution in [2.45, 2.75) is 51.6 Å². The molecular formula is C14H26N2O2. The van der Waals surface area contributed by atoms with E-state index in [9.17, 15) is 4.79 Å². The van der Waals surface area contributed by atoms with Crippen LogP contribution in [0.25, 0.3) is 0 Å². The molecule has 2 heterocycles. The van der Waals surface area contributed by atoms with Crippen LogP contribution in [0.3, 0.4) is 0 Å². The second kappa shape index (κ2) is 6.53. The van der Waals surface area contributed by atoms with Gasteiger partial charge in [-0.25, -0.2) is 0 Å². The van der Waals surface area contributed by atoms with E-state index in [0.717, 1.165) is 25.9 Å². The van der Waals surface area contributed by atoms with Crippen molar-refractivity contribution in [1.82, 2.24) is 10.2 Å². The molecule has 0 saturated carbocycles. The van der Waals surface area contributed by atoms with Crippen molar-refractivity contribution in [3.05, 3.63) is 0 Å². The predicted octanol–water partition coefficient (Wildman–Crippen LogP) is 1.40. The minimum Gasteiger partial charge on any atom is -0.377 e. The van der Waals surface area contributed by atoms with E-state index in [-0.39, 0.29) is 6.04 Å². The molecule has 2 saturated heterocycles. The summed E-state index contributed by atoms with van der Waals surface area (Å²) < 4.78 is 5.52. The highest BCUT2D eigenvalue weighted by molar-refractivity contribution is 5.77. The van der Waals surface area contributed by atoms with Crippen LogP contribution in [0.4, 0.5) is 0 Å². The van der Waals surface area contributed by atoms with E-state index in [1.54, 1.807) is 0 Å². The maximum atomic E-state index is 12.4. The van der Waals surface area contributed by atoms with E-state index in [2.05, 4.69) is 24.1 Å². The molecule has 4 nitrogen and oxygen atoms in total. The van der Waals surface area contributed by atoms with Crippen LogP contribution < -0.4 is 5.32 Å². The lowest BCUT2D eigenvalue weighted by Crippen LogP contribution is -2.50. The molecule has 2 rings (SSSR count). The zero-order chi connectivity index (χ0) is 13.0. The summed E-state index contributed by atoms with van der Waals surface area (Å²) in [6.45, 7) is 7.64. The molecule has 0 aromatic carbocycles. The first-order valence-electron chi connectivity index (χ1n) is 7.27. The number of carbonyl (C=O) groups excluding carboxylic acids is 1. The van der Waals surface area contributed by atoms with E-state index in [0.29, 0.717) is 37.5 Å². The Morgan fingerprint density at radius 1 is 1.50 bits per heavy atom. The van der Waals surface area contributed by atoms with Crippen LogP contribution in [0.1, 0.15) is 39.5 Å². The lowest BCUT2D eigenvalue weighted by atomic mass is 10.0. The first-order valence-corrected chi connectivity index (χ1v) is 7.27. The van der Waals surface area contributed by atoms with Crippen molar-refractivity contribution >= 4 is 5.91 Å². The molecule has 1 amide bonds. The highest BCUT2D eigenvalue weighted by Crippen LogP contribution is 2.18. The molecule has 18 heavy (non-hydrogen) atoms. The summed E-state index contributed by atoms with van der Waals surface area (Å²) in [5.74, 6) is 0.917. The van der Waals surface area contributed by atoms with Gasteiger partial charge in [0.05, 0.1) is 19.3 Å². The molecule has 0 bridgehead atoms. The monoisotopic (exact) mass is 254 g/mol. The molecule has 1 N–H and O–H groups in total. The van der Waals surface area contributed by atoms with Crippen molar-refractivity contribution in [3.8, 4) is 0 Å². The normalized spacial score (nSPS) is 28.9. The summed E-state index contributed by atoms with van der Waals surface area (Å²) in [5, 5.41) is 3.40. The highest BCUT2D eigenvalue weighted by atomic mass is 16.5. The predicted molar refractivity (Wildman–Crippen MR) is 71.4 cm³/mol. The van der Waals surface area contributed by atoms with Gasteiger partial charge >= 0.3 is 0 Å². The van der Waals surface area contributed by atoms with Gasteiger partial charge in [0.25, 0.3) is 0 Å². The van der Waals surface area contributed by atoms with Crippen molar-refractivity contribution in [1.29, 1.82) is 0 Å². The third-order valence-electron chi connectivity index (χ3n) is 3.87. The lowest BCUT2D eigenvalue weighted by Gasteiger charge is -2.37. The number of hydrogen-bond donors (Lipinski definition) is 1. The third-order valence-corrected chi connectivity index (χ3v) is 3.87. The van der Waals surface area contributed by atoms with E-state index in [1.807, 2.05) is 0 Å². The largest absolute Gasteiger partial charge is 0.377 e. The van der Waals surface area contributed by atoms with Gasteiger partial charge in [0.2, 0.25) is 5.91 Å². The number of nitrogens with one attached hydrogen (secondary N) is 1. The van der Waals surface area contributed by atoms with Gasteiger partial charge in [-0.05, 0) is 31.7 Å². The Balaban J connectivity index is 1.88. The van der Waals surface area contributed by atoms with Crippen LogP contribution in [0.2, 0.25) is 0 Å². The number of nitrogens with zero attached hydrogens (tertiary/aromatic N) is 1. The fourth-order valence-corrected chi connectivity index (χ4v) is 2.98. The Morgan fingerprint density at radius 2 is 2.33 bits per heavy atom. The van der Waals surface area contributed by atoms with Crippen LogP contribution in [0, 0.1) is 5.92 Å². The van der Waals surface area contributed by atoms with Crippen LogP contribution in [0.15, 0.2) is 0 Å². The van der Waals surface area contributed by atoms with Crippen molar-refractivity contribution in [3.63, 3.8) is 0 Å². The van der Waals surface area contributed by atoms with Crippen molar-refractivity contribution in [2.75, 3.05) is 26.3 Å². The molecule has 0 aromatic rings. The van der Waals surface area contributed by atoms with E-state index in [4.69, 9.17) is 4.74 Å². The van der Waals surface area contributed by atoms with E-state index in [1.165, 1.54) is 6.42 Å². The highest BCUT2D eigenvalue weighted by Gasteiger charge is 2.29. The summed E-state index contributed by atoms with van der Waals surface area (Å²) in [5.41, 5.74) is 0. The molecule has 0 aliphatic carbocycles. The molecular weight excluding hydrogens is 228 g/mol. The third kappa shape index (κ3) is 3.69.